The predicted octanol–water partition coefficient (Wildman–Crippen LogP) is 6.04. The lowest BCUT2D eigenvalue weighted by Gasteiger charge is -2.29. The van der Waals surface area contributed by atoms with Crippen LogP contribution in [0.15, 0.2) is 39.7 Å². The van der Waals surface area contributed by atoms with Crippen molar-refractivity contribution in [1.82, 2.24) is 4.90 Å². The lowest BCUT2D eigenvalue weighted by molar-refractivity contribution is -0.384. The first-order valence-electron chi connectivity index (χ1n) is 9.25. The maximum absolute atomic E-state index is 12.9. The SMILES string of the molecule is O=C1/C(=C\c2ccc(-c3ccc([N+](=O)[O-])cc3Cl)o2)SC(=S)N1C1CCCCC1. The van der Waals surface area contributed by atoms with Crippen LogP contribution in [-0.2, 0) is 4.79 Å². The molecule has 1 saturated carbocycles. The van der Waals surface area contributed by atoms with E-state index in [4.69, 9.17) is 28.2 Å². The van der Waals surface area contributed by atoms with Gasteiger partial charge < -0.3 is 4.42 Å². The Kier molecular flexibility index (Phi) is 5.76. The molecule has 0 radical (unpaired) electrons. The molecule has 1 aliphatic heterocycles. The smallest absolute Gasteiger partial charge is 0.270 e. The average Bonchev–Trinajstić information content (AvgIpc) is 3.27. The number of rotatable bonds is 4. The number of nitro groups is 1. The van der Waals surface area contributed by atoms with Gasteiger partial charge in [-0.2, -0.15) is 0 Å². The molecule has 29 heavy (non-hydrogen) atoms. The minimum atomic E-state index is -0.502. The number of nitro benzene ring substituents is 1. The molecule has 2 fully saturated rings. The van der Waals surface area contributed by atoms with E-state index in [1.54, 1.807) is 29.2 Å². The Bertz CT molecular complexity index is 1030. The fraction of sp³-hybridized carbons (Fsp3) is 0.300. The molecule has 4 rings (SSSR count). The zero-order valence-electron chi connectivity index (χ0n) is 15.3. The summed E-state index contributed by atoms with van der Waals surface area (Å²) in [7, 11) is 0. The lowest BCUT2D eigenvalue weighted by Crippen LogP contribution is -2.39. The van der Waals surface area contributed by atoms with Crippen LogP contribution >= 0.6 is 35.6 Å². The molecule has 2 aromatic rings. The first-order valence-corrected chi connectivity index (χ1v) is 10.9. The third kappa shape index (κ3) is 4.10. The molecule has 9 heteroatoms. The number of furan rings is 1. The van der Waals surface area contributed by atoms with Crippen molar-refractivity contribution < 1.29 is 14.1 Å². The zero-order chi connectivity index (χ0) is 20.5. The van der Waals surface area contributed by atoms with E-state index >= 15 is 0 Å². The fourth-order valence-corrected chi connectivity index (χ4v) is 5.30. The van der Waals surface area contributed by atoms with Crippen LogP contribution in [0.2, 0.25) is 5.02 Å². The van der Waals surface area contributed by atoms with Crippen molar-refractivity contribution in [2.75, 3.05) is 0 Å². The molecule has 1 aromatic heterocycles. The molecular weight excluding hydrogens is 432 g/mol. The number of amides is 1. The summed E-state index contributed by atoms with van der Waals surface area (Å²) >= 11 is 12.9. The molecule has 0 atom stereocenters. The third-order valence-electron chi connectivity index (χ3n) is 5.09. The average molecular weight is 449 g/mol. The molecule has 1 aliphatic carbocycles. The number of benzene rings is 1. The number of carbonyl (C=O) groups is 1. The minimum Gasteiger partial charge on any atom is -0.457 e. The number of thioether (sulfide) groups is 1. The van der Waals surface area contributed by atoms with E-state index in [0.717, 1.165) is 25.7 Å². The molecule has 1 aromatic carbocycles. The maximum Gasteiger partial charge on any atom is 0.270 e. The highest BCUT2D eigenvalue weighted by atomic mass is 35.5. The number of halogens is 1. The minimum absolute atomic E-state index is 0.0711. The highest BCUT2D eigenvalue weighted by molar-refractivity contribution is 8.26. The largest absolute Gasteiger partial charge is 0.457 e. The summed E-state index contributed by atoms with van der Waals surface area (Å²) in [4.78, 5) is 25.5. The van der Waals surface area contributed by atoms with Crippen molar-refractivity contribution in [2.24, 2.45) is 0 Å². The number of hydrogen-bond donors (Lipinski definition) is 0. The van der Waals surface area contributed by atoms with Gasteiger partial charge in [0.15, 0.2) is 0 Å². The van der Waals surface area contributed by atoms with E-state index in [2.05, 4.69) is 0 Å². The summed E-state index contributed by atoms with van der Waals surface area (Å²) in [6, 6.07) is 7.85. The van der Waals surface area contributed by atoms with Crippen molar-refractivity contribution in [3.63, 3.8) is 0 Å². The van der Waals surface area contributed by atoms with Crippen LogP contribution in [0, 0.1) is 10.1 Å². The Balaban J connectivity index is 1.56. The Morgan fingerprint density at radius 2 is 2.00 bits per heavy atom. The quantitative estimate of drug-likeness (QED) is 0.245. The number of hydrogen-bond acceptors (Lipinski definition) is 6. The van der Waals surface area contributed by atoms with E-state index in [9.17, 15) is 14.9 Å². The van der Waals surface area contributed by atoms with Crippen molar-refractivity contribution >= 4 is 57.6 Å². The number of thiocarbonyl (C=S) groups is 1. The monoisotopic (exact) mass is 448 g/mol. The van der Waals surface area contributed by atoms with Crippen molar-refractivity contribution in [3.05, 3.63) is 56.1 Å². The van der Waals surface area contributed by atoms with Gasteiger partial charge in [0.25, 0.3) is 11.6 Å². The van der Waals surface area contributed by atoms with Gasteiger partial charge in [-0.15, -0.1) is 0 Å². The highest BCUT2D eigenvalue weighted by Gasteiger charge is 2.37. The van der Waals surface area contributed by atoms with Crippen LogP contribution in [-0.4, -0.2) is 26.1 Å². The summed E-state index contributed by atoms with van der Waals surface area (Å²) in [5.74, 6) is 0.899. The van der Waals surface area contributed by atoms with E-state index in [0.29, 0.717) is 26.3 Å². The van der Waals surface area contributed by atoms with Gasteiger partial charge in [0.2, 0.25) is 0 Å². The van der Waals surface area contributed by atoms with Crippen molar-refractivity contribution in [2.45, 2.75) is 38.1 Å². The number of nitrogens with zero attached hydrogens (tertiary/aromatic N) is 2. The topological polar surface area (TPSA) is 76.6 Å². The van der Waals surface area contributed by atoms with Gasteiger partial charge in [-0.1, -0.05) is 54.8 Å². The van der Waals surface area contributed by atoms with Gasteiger partial charge in [-0.25, -0.2) is 0 Å². The lowest BCUT2D eigenvalue weighted by atomic mass is 9.94. The van der Waals surface area contributed by atoms with Gasteiger partial charge in [0, 0.05) is 29.8 Å². The maximum atomic E-state index is 12.9. The van der Waals surface area contributed by atoms with Gasteiger partial charge in [0.1, 0.15) is 15.8 Å². The molecule has 2 heterocycles. The van der Waals surface area contributed by atoms with E-state index in [1.165, 1.54) is 30.3 Å². The summed E-state index contributed by atoms with van der Waals surface area (Å²) in [6.07, 6.45) is 7.12. The normalized spacial score (nSPS) is 19.3. The van der Waals surface area contributed by atoms with E-state index < -0.39 is 4.92 Å². The van der Waals surface area contributed by atoms with Crippen LogP contribution in [0.4, 0.5) is 5.69 Å². The Labute approximate surface area is 182 Å². The molecule has 0 N–H and O–H groups in total. The summed E-state index contributed by atoms with van der Waals surface area (Å²) in [6.45, 7) is 0. The summed E-state index contributed by atoms with van der Waals surface area (Å²) in [5.41, 5.74) is 0.462. The Morgan fingerprint density at radius 1 is 1.24 bits per heavy atom. The molecule has 0 bridgehead atoms. The highest BCUT2D eigenvalue weighted by Crippen LogP contribution is 2.38. The molecule has 0 spiro atoms. The van der Waals surface area contributed by atoms with Crippen LogP contribution < -0.4 is 0 Å². The second-order valence-electron chi connectivity index (χ2n) is 6.97. The van der Waals surface area contributed by atoms with Gasteiger partial charge >= 0.3 is 0 Å². The fourth-order valence-electron chi connectivity index (χ4n) is 3.66. The third-order valence-corrected chi connectivity index (χ3v) is 6.74. The second-order valence-corrected chi connectivity index (χ2v) is 9.05. The standard InChI is InChI=1S/C20H17ClN2O4S2/c21-16-10-13(23(25)26)6-8-15(16)17-9-7-14(27-17)11-18-19(24)22(20(28)29-18)12-4-2-1-3-5-12/h6-12H,1-5H2/b18-11+. The first-order chi connectivity index (χ1) is 13.9. The van der Waals surface area contributed by atoms with Gasteiger partial charge in [-0.05, 0) is 31.0 Å². The van der Waals surface area contributed by atoms with Gasteiger partial charge in [0.05, 0.1) is 14.9 Å². The van der Waals surface area contributed by atoms with Crippen LogP contribution in [0.25, 0.3) is 17.4 Å². The summed E-state index contributed by atoms with van der Waals surface area (Å²) < 4.78 is 6.41. The molecule has 150 valence electrons. The Morgan fingerprint density at radius 3 is 2.69 bits per heavy atom. The summed E-state index contributed by atoms with van der Waals surface area (Å²) in [5, 5.41) is 11.1. The molecular formula is C20H17ClN2O4S2. The van der Waals surface area contributed by atoms with Gasteiger partial charge in [-0.3, -0.25) is 19.8 Å². The molecule has 1 saturated heterocycles. The van der Waals surface area contributed by atoms with E-state index in [-0.39, 0.29) is 22.7 Å². The number of carbonyl (C=O) groups excluding carboxylic acids is 1. The Hall–Kier alpha value is -2.16. The number of non-ortho nitro benzene ring substituents is 1. The van der Waals surface area contributed by atoms with Crippen LogP contribution in [0.5, 0.6) is 0 Å². The molecule has 0 unspecified atom stereocenters. The molecule has 2 aliphatic rings. The zero-order valence-corrected chi connectivity index (χ0v) is 17.7. The van der Waals surface area contributed by atoms with Crippen LogP contribution in [0.3, 0.4) is 0 Å². The molecule has 1 amide bonds. The second kappa shape index (κ2) is 8.30. The van der Waals surface area contributed by atoms with Crippen molar-refractivity contribution in [3.8, 4) is 11.3 Å². The van der Waals surface area contributed by atoms with Crippen molar-refractivity contribution in [1.29, 1.82) is 0 Å². The molecule has 6 nitrogen and oxygen atoms in total. The predicted molar refractivity (Wildman–Crippen MR) is 118 cm³/mol. The first kappa shape index (κ1) is 20.1. The van der Waals surface area contributed by atoms with E-state index in [1.807, 2.05) is 0 Å². The van der Waals surface area contributed by atoms with Crippen LogP contribution in [0.1, 0.15) is 37.9 Å².